The Morgan fingerprint density at radius 3 is 2.79 bits per heavy atom. The van der Waals surface area contributed by atoms with Gasteiger partial charge < -0.3 is 16.0 Å². The number of aromatic nitrogens is 4. The molecule has 3 aromatic heterocycles. The molecule has 0 bridgehead atoms. The van der Waals surface area contributed by atoms with Crippen LogP contribution in [0.25, 0.3) is 5.57 Å². The van der Waals surface area contributed by atoms with E-state index in [0.717, 1.165) is 33.8 Å². The van der Waals surface area contributed by atoms with Crippen molar-refractivity contribution in [2.45, 2.75) is 45.7 Å². The maximum absolute atomic E-state index is 12.2. The van der Waals surface area contributed by atoms with Crippen LogP contribution in [0.2, 0.25) is 0 Å². The van der Waals surface area contributed by atoms with Gasteiger partial charge in [0.1, 0.15) is 17.1 Å². The van der Waals surface area contributed by atoms with Crippen molar-refractivity contribution in [3.63, 3.8) is 0 Å². The Labute approximate surface area is 222 Å². The van der Waals surface area contributed by atoms with Gasteiger partial charge in [-0.15, -0.1) is 0 Å². The van der Waals surface area contributed by atoms with Gasteiger partial charge in [0.05, 0.1) is 24.1 Å². The Morgan fingerprint density at radius 2 is 2.05 bits per heavy atom. The van der Waals surface area contributed by atoms with E-state index in [-0.39, 0.29) is 23.7 Å². The molecular weight excluding hydrogens is 478 g/mol. The number of rotatable bonds is 7. The summed E-state index contributed by atoms with van der Waals surface area (Å²) in [6.45, 7) is 8.28. The van der Waals surface area contributed by atoms with Gasteiger partial charge in [-0.2, -0.15) is 5.10 Å². The number of hydrazone groups is 1. The molecule has 3 atom stereocenters. The Morgan fingerprint density at radius 1 is 1.26 bits per heavy atom. The van der Waals surface area contributed by atoms with E-state index in [0.29, 0.717) is 24.5 Å². The van der Waals surface area contributed by atoms with Crippen molar-refractivity contribution in [3.05, 3.63) is 77.4 Å². The highest BCUT2D eigenvalue weighted by Gasteiger charge is 2.42. The zero-order valence-electron chi connectivity index (χ0n) is 22.1. The average Bonchev–Trinajstić information content (AvgIpc) is 3.47. The third-order valence-corrected chi connectivity index (χ3v) is 7.11. The lowest BCUT2D eigenvalue weighted by Crippen LogP contribution is -2.52. The Bertz CT molecular complexity index is 1420. The minimum absolute atomic E-state index is 0.0506. The number of aliphatic imine (C=N–C) groups is 1. The van der Waals surface area contributed by atoms with Gasteiger partial charge in [0.2, 0.25) is 5.91 Å². The van der Waals surface area contributed by atoms with Crippen LogP contribution in [0.3, 0.4) is 0 Å². The van der Waals surface area contributed by atoms with Crippen molar-refractivity contribution >= 4 is 29.1 Å². The van der Waals surface area contributed by atoms with E-state index in [1.165, 1.54) is 0 Å². The van der Waals surface area contributed by atoms with Gasteiger partial charge in [-0.1, -0.05) is 19.9 Å². The molecule has 5 heterocycles. The SMILES string of the molecule is C/C=C(\CC1C(c2nc3c([nH]2)C(c2ccncc2)CN=C3)=NNC1(C)N)c1cncc(NC(=O)C(C)C)c1. The van der Waals surface area contributed by atoms with Crippen molar-refractivity contribution in [2.75, 3.05) is 11.9 Å². The second-order valence-electron chi connectivity index (χ2n) is 10.3. The third kappa shape index (κ3) is 4.99. The maximum atomic E-state index is 12.2. The number of fused-ring (bicyclic) bond motifs is 1. The van der Waals surface area contributed by atoms with Crippen LogP contribution >= 0.6 is 0 Å². The molecule has 0 radical (unpaired) electrons. The predicted octanol–water partition coefficient (Wildman–Crippen LogP) is 3.45. The number of amides is 1. The molecule has 0 fully saturated rings. The fourth-order valence-electron chi connectivity index (χ4n) is 4.83. The molecule has 5 N–H and O–H groups in total. The summed E-state index contributed by atoms with van der Waals surface area (Å²) >= 11 is 0. The minimum atomic E-state index is -0.785. The smallest absolute Gasteiger partial charge is 0.226 e. The number of anilines is 1. The van der Waals surface area contributed by atoms with Gasteiger partial charge in [0.15, 0.2) is 5.82 Å². The summed E-state index contributed by atoms with van der Waals surface area (Å²) in [6.07, 6.45) is 11.5. The third-order valence-electron chi connectivity index (χ3n) is 7.11. The molecule has 38 heavy (non-hydrogen) atoms. The fraction of sp³-hybridized carbons (Fsp3) is 0.357. The van der Waals surface area contributed by atoms with Gasteiger partial charge in [-0.3, -0.25) is 25.2 Å². The lowest BCUT2D eigenvalue weighted by Gasteiger charge is -2.28. The zero-order chi connectivity index (χ0) is 26.9. The summed E-state index contributed by atoms with van der Waals surface area (Å²) in [7, 11) is 0. The first-order valence-corrected chi connectivity index (χ1v) is 12.8. The monoisotopic (exact) mass is 511 g/mol. The van der Waals surface area contributed by atoms with E-state index in [1.54, 1.807) is 24.8 Å². The van der Waals surface area contributed by atoms with E-state index in [9.17, 15) is 4.79 Å². The first-order chi connectivity index (χ1) is 18.3. The van der Waals surface area contributed by atoms with Crippen molar-refractivity contribution in [3.8, 4) is 0 Å². The molecule has 0 aliphatic carbocycles. The predicted molar refractivity (Wildman–Crippen MR) is 149 cm³/mol. The van der Waals surface area contributed by atoms with Crippen LogP contribution in [-0.2, 0) is 4.79 Å². The van der Waals surface area contributed by atoms with Crippen LogP contribution in [0.1, 0.15) is 68.4 Å². The molecule has 0 saturated carbocycles. The number of imidazole rings is 1. The van der Waals surface area contributed by atoms with E-state index < -0.39 is 5.66 Å². The number of nitrogens with zero attached hydrogens (tertiary/aromatic N) is 5. The number of aromatic amines is 1. The van der Waals surface area contributed by atoms with E-state index in [2.05, 4.69) is 41.9 Å². The lowest BCUT2D eigenvalue weighted by atomic mass is 9.83. The van der Waals surface area contributed by atoms with Crippen LogP contribution in [0, 0.1) is 11.8 Å². The van der Waals surface area contributed by atoms with Gasteiger partial charge in [0.25, 0.3) is 0 Å². The second kappa shape index (κ2) is 10.3. The number of nitrogens with one attached hydrogen (secondary N) is 3. The number of carbonyl (C=O) groups excluding carboxylic acids is 1. The summed E-state index contributed by atoms with van der Waals surface area (Å²) in [5.74, 6) is 0.402. The minimum Gasteiger partial charge on any atom is -0.340 e. The van der Waals surface area contributed by atoms with E-state index in [4.69, 9.17) is 10.7 Å². The van der Waals surface area contributed by atoms with E-state index in [1.807, 2.05) is 52.1 Å². The van der Waals surface area contributed by atoms with Crippen LogP contribution in [0.5, 0.6) is 0 Å². The van der Waals surface area contributed by atoms with Gasteiger partial charge in [-0.05, 0) is 55.2 Å². The topological polar surface area (TPSA) is 146 Å². The highest BCUT2D eigenvalue weighted by atomic mass is 16.1. The zero-order valence-corrected chi connectivity index (χ0v) is 22.1. The van der Waals surface area contributed by atoms with E-state index >= 15 is 0 Å². The van der Waals surface area contributed by atoms with Gasteiger partial charge in [-0.25, -0.2) is 4.98 Å². The van der Waals surface area contributed by atoms with Crippen molar-refractivity contribution in [1.82, 2.24) is 25.4 Å². The molecule has 2 aliphatic rings. The number of hydrogen-bond donors (Lipinski definition) is 4. The molecule has 5 rings (SSSR count). The summed E-state index contributed by atoms with van der Waals surface area (Å²) in [5, 5.41) is 7.56. The number of nitrogens with two attached hydrogens (primary N) is 1. The average molecular weight is 512 g/mol. The second-order valence-corrected chi connectivity index (χ2v) is 10.3. The first-order valence-electron chi connectivity index (χ1n) is 12.8. The largest absolute Gasteiger partial charge is 0.340 e. The molecule has 10 nitrogen and oxygen atoms in total. The summed E-state index contributed by atoms with van der Waals surface area (Å²) in [6, 6.07) is 5.96. The van der Waals surface area contributed by atoms with Crippen molar-refractivity contribution in [1.29, 1.82) is 0 Å². The molecule has 0 aromatic carbocycles. The number of hydrogen-bond acceptors (Lipinski definition) is 8. The van der Waals surface area contributed by atoms with Crippen LogP contribution < -0.4 is 16.5 Å². The van der Waals surface area contributed by atoms with Crippen LogP contribution in [-0.4, -0.2) is 50.0 Å². The van der Waals surface area contributed by atoms with Crippen LogP contribution in [0.15, 0.2) is 59.2 Å². The Kier molecular flexibility index (Phi) is 6.90. The summed E-state index contributed by atoms with van der Waals surface area (Å²) in [4.78, 5) is 33.7. The number of H-pyrrole nitrogens is 1. The number of allylic oxidation sites excluding steroid dienone is 2. The Hall–Kier alpha value is -4.18. The summed E-state index contributed by atoms with van der Waals surface area (Å²) in [5.41, 5.74) is 15.4. The molecule has 3 aromatic rings. The molecule has 2 aliphatic heterocycles. The number of pyridine rings is 2. The Balaban J connectivity index is 1.42. The molecule has 196 valence electrons. The molecule has 10 heteroatoms. The van der Waals surface area contributed by atoms with Gasteiger partial charge >= 0.3 is 0 Å². The fourth-order valence-corrected chi connectivity index (χ4v) is 4.83. The highest BCUT2D eigenvalue weighted by molar-refractivity contribution is 6.03. The van der Waals surface area contributed by atoms with Crippen LogP contribution in [0.4, 0.5) is 5.69 Å². The summed E-state index contributed by atoms with van der Waals surface area (Å²) < 4.78 is 0. The molecule has 0 saturated heterocycles. The first kappa shape index (κ1) is 25.5. The molecule has 1 amide bonds. The molecular formula is C28H33N9O. The number of carbonyl (C=O) groups is 1. The van der Waals surface area contributed by atoms with Crippen molar-refractivity contribution < 1.29 is 4.79 Å². The highest BCUT2D eigenvalue weighted by Crippen LogP contribution is 2.35. The standard InChI is InChI=1S/C28H33N9O/c1-5-17(19-10-20(13-31-12-19)33-27(38)16(2)3)11-22-25(36-37-28(22,4)29)26-34-23-15-32-14-21(24(23)35-26)18-6-8-30-9-7-18/h5-10,12-13,15-16,21-22,37H,11,14,29H2,1-4H3,(H,33,38)(H,34,35)/b17-5+. The molecule has 3 unspecified atom stereocenters. The van der Waals surface area contributed by atoms with Crippen molar-refractivity contribution in [2.24, 2.45) is 27.7 Å². The normalized spacial score (nSPS) is 22.7. The lowest BCUT2D eigenvalue weighted by molar-refractivity contribution is -0.118. The quantitative estimate of drug-likeness (QED) is 0.382. The molecule has 0 spiro atoms. The maximum Gasteiger partial charge on any atom is 0.226 e. The van der Waals surface area contributed by atoms with Gasteiger partial charge in [0, 0.05) is 42.6 Å².